The van der Waals surface area contributed by atoms with Crippen LogP contribution < -0.4 is 21.1 Å². The number of nitriles is 1. The number of hydrogen-bond donors (Lipinski definition) is 3. The predicted molar refractivity (Wildman–Crippen MR) is 96.1 cm³/mol. The van der Waals surface area contributed by atoms with Crippen molar-refractivity contribution in [2.75, 3.05) is 17.7 Å². The largest absolute Gasteiger partial charge is 0.497 e. The lowest BCUT2D eigenvalue weighted by Crippen LogP contribution is -2.20. The van der Waals surface area contributed by atoms with Crippen molar-refractivity contribution in [1.29, 1.82) is 5.26 Å². The van der Waals surface area contributed by atoms with E-state index in [1.807, 2.05) is 36.4 Å². The molecule has 2 rings (SSSR count). The van der Waals surface area contributed by atoms with E-state index in [9.17, 15) is 5.26 Å². The Bertz CT molecular complexity index is 748. The van der Waals surface area contributed by atoms with Gasteiger partial charge in [-0.2, -0.15) is 5.26 Å². The molecular weight excluding hydrogens is 308 g/mol. The third-order valence-electron chi connectivity index (χ3n) is 3.01. The third-order valence-corrected chi connectivity index (χ3v) is 3.32. The molecule has 0 bridgehead atoms. The monoisotopic (exact) mass is 324 g/mol. The molecule has 0 amide bonds. The van der Waals surface area contributed by atoms with Gasteiger partial charge in [0.15, 0.2) is 0 Å². The second-order valence-electron chi connectivity index (χ2n) is 4.57. The van der Waals surface area contributed by atoms with Crippen molar-refractivity contribution in [3.8, 4) is 11.8 Å². The number of rotatable bonds is 5. The van der Waals surface area contributed by atoms with Crippen LogP contribution in [-0.4, -0.2) is 12.1 Å². The molecule has 0 saturated heterocycles. The first-order chi connectivity index (χ1) is 11.1. The minimum absolute atomic E-state index is 0.180. The maximum absolute atomic E-state index is 9.33. The maximum atomic E-state index is 9.33. The Balaban J connectivity index is 2.14. The van der Waals surface area contributed by atoms with Gasteiger partial charge < -0.3 is 21.1 Å². The molecule has 0 aliphatic carbocycles. The fourth-order valence-corrected chi connectivity index (χ4v) is 2.11. The Kier molecular flexibility index (Phi) is 5.56. The van der Waals surface area contributed by atoms with E-state index in [-0.39, 0.29) is 16.4 Å². The zero-order valence-corrected chi connectivity index (χ0v) is 13.4. The summed E-state index contributed by atoms with van der Waals surface area (Å²) in [6.07, 6.45) is 0. The van der Waals surface area contributed by atoms with Crippen molar-refractivity contribution in [3.63, 3.8) is 0 Å². The zero-order chi connectivity index (χ0) is 16.7. The molecule has 0 atom stereocenters. The fourth-order valence-electron chi connectivity index (χ4n) is 1.84. The van der Waals surface area contributed by atoms with Crippen LogP contribution in [0.2, 0.25) is 0 Å². The van der Waals surface area contributed by atoms with Gasteiger partial charge in [0, 0.05) is 11.4 Å². The van der Waals surface area contributed by atoms with E-state index in [0.29, 0.717) is 0 Å². The van der Waals surface area contributed by atoms with Crippen LogP contribution in [0, 0.1) is 11.3 Å². The lowest BCUT2D eigenvalue weighted by molar-refractivity contribution is 0.415. The first-order valence-electron chi connectivity index (χ1n) is 6.81. The second kappa shape index (κ2) is 7.82. The summed E-state index contributed by atoms with van der Waals surface area (Å²) in [6, 6.07) is 18.6. The summed E-state index contributed by atoms with van der Waals surface area (Å²) < 4.78 is 5.09. The Hall–Kier alpha value is -3.04. The van der Waals surface area contributed by atoms with Crippen molar-refractivity contribution in [2.24, 2.45) is 5.73 Å². The molecule has 0 saturated carbocycles. The molecule has 0 radical (unpaired) electrons. The van der Waals surface area contributed by atoms with Crippen molar-refractivity contribution in [1.82, 2.24) is 0 Å². The first kappa shape index (κ1) is 16.3. The number of ether oxygens (including phenoxy) is 1. The number of nitrogens with one attached hydrogen (secondary N) is 2. The zero-order valence-electron chi connectivity index (χ0n) is 12.5. The van der Waals surface area contributed by atoms with E-state index in [2.05, 4.69) is 10.6 Å². The number of para-hydroxylation sites is 1. The molecule has 23 heavy (non-hydrogen) atoms. The molecule has 0 aromatic heterocycles. The number of benzene rings is 2. The SMILES string of the molecule is COc1ccc(N/C(N)=C(\C#N)C(=S)Nc2ccccc2)cc1. The summed E-state index contributed by atoms with van der Waals surface area (Å²) >= 11 is 5.26. The highest BCUT2D eigenvalue weighted by Gasteiger charge is 2.10. The molecular formula is C17H16N4OS. The van der Waals surface area contributed by atoms with Gasteiger partial charge in [0.1, 0.15) is 28.2 Å². The summed E-state index contributed by atoms with van der Waals surface area (Å²) in [5, 5.41) is 15.3. The first-order valence-corrected chi connectivity index (χ1v) is 7.22. The second-order valence-corrected chi connectivity index (χ2v) is 4.98. The molecule has 0 heterocycles. The van der Waals surface area contributed by atoms with Gasteiger partial charge in [-0.05, 0) is 36.4 Å². The lowest BCUT2D eigenvalue weighted by atomic mass is 10.2. The topological polar surface area (TPSA) is 83.1 Å². The summed E-state index contributed by atoms with van der Waals surface area (Å²) in [5.74, 6) is 0.922. The molecule has 0 aliphatic rings. The van der Waals surface area contributed by atoms with Gasteiger partial charge in [-0.3, -0.25) is 0 Å². The quantitative estimate of drug-likeness (QED) is 0.445. The number of nitrogens with two attached hydrogens (primary N) is 1. The summed E-state index contributed by atoms with van der Waals surface area (Å²) in [4.78, 5) is 0.261. The summed E-state index contributed by atoms with van der Waals surface area (Å²) in [5.41, 5.74) is 7.68. The highest BCUT2D eigenvalue weighted by Crippen LogP contribution is 2.17. The summed E-state index contributed by atoms with van der Waals surface area (Å²) in [7, 11) is 1.60. The lowest BCUT2D eigenvalue weighted by Gasteiger charge is -2.12. The normalized spacial score (nSPS) is 11.0. The van der Waals surface area contributed by atoms with Crippen molar-refractivity contribution >= 4 is 28.6 Å². The van der Waals surface area contributed by atoms with E-state index in [0.717, 1.165) is 17.1 Å². The molecule has 2 aromatic carbocycles. The highest BCUT2D eigenvalue weighted by atomic mass is 32.1. The van der Waals surface area contributed by atoms with Crippen LogP contribution >= 0.6 is 12.2 Å². The molecule has 0 fully saturated rings. The van der Waals surface area contributed by atoms with E-state index < -0.39 is 0 Å². The number of methoxy groups -OCH3 is 1. The molecule has 116 valence electrons. The average Bonchev–Trinajstić information content (AvgIpc) is 2.57. The molecule has 0 spiro atoms. The van der Waals surface area contributed by atoms with E-state index in [1.54, 1.807) is 31.4 Å². The molecule has 0 aliphatic heterocycles. The van der Waals surface area contributed by atoms with Gasteiger partial charge in [-0.25, -0.2) is 0 Å². The van der Waals surface area contributed by atoms with Crippen molar-refractivity contribution < 1.29 is 4.74 Å². The van der Waals surface area contributed by atoms with E-state index in [1.165, 1.54) is 0 Å². The van der Waals surface area contributed by atoms with Crippen molar-refractivity contribution in [2.45, 2.75) is 0 Å². The van der Waals surface area contributed by atoms with Crippen LogP contribution in [0.15, 0.2) is 66.0 Å². The number of hydrogen-bond acceptors (Lipinski definition) is 5. The van der Waals surface area contributed by atoms with Gasteiger partial charge in [-0.15, -0.1) is 0 Å². The minimum atomic E-state index is 0.180. The Morgan fingerprint density at radius 2 is 1.65 bits per heavy atom. The Morgan fingerprint density at radius 1 is 1.04 bits per heavy atom. The number of thiocarbonyl (C=S) groups is 1. The minimum Gasteiger partial charge on any atom is -0.497 e. The van der Waals surface area contributed by atoms with Gasteiger partial charge in [0.25, 0.3) is 0 Å². The van der Waals surface area contributed by atoms with Crippen molar-refractivity contribution in [3.05, 3.63) is 66.0 Å². The maximum Gasteiger partial charge on any atom is 0.127 e. The van der Waals surface area contributed by atoms with Crippen LogP contribution in [-0.2, 0) is 0 Å². The predicted octanol–water partition coefficient (Wildman–Crippen LogP) is 3.24. The van der Waals surface area contributed by atoms with Gasteiger partial charge in [-0.1, -0.05) is 30.4 Å². The molecule has 6 heteroatoms. The van der Waals surface area contributed by atoms with Gasteiger partial charge >= 0.3 is 0 Å². The van der Waals surface area contributed by atoms with Crippen LogP contribution in [0.4, 0.5) is 11.4 Å². The highest BCUT2D eigenvalue weighted by molar-refractivity contribution is 7.81. The molecule has 4 N–H and O–H groups in total. The van der Waals surface area contributed by atoms with E-state index in [4.69, 9.17) is 22.7 Å². The van der Waals surface area contributed by atoms with Crippen LogP contribution in [0.1, 0.15) is 0 Å². The molecule has 2 aromatic rings. The van der Waals surface area contributed by atoms with E-state index >= 15 is 0 Å². The molecule has 5 nitrogen and oxygen atoms in total. The third kappa shape index (κ3) is 4.46. The fraction of sp³-hybridized carbons (Fsp3) is 0.0588. The standard InChI is InChI=1S/C17H16N4OS/c1-22-14-9-7-13(8-10-14)20-16(19)15(11-18)17(23)21-12-5-3-2-4-6-12/h2-10,20H,19H2,1H3,(H,21,23)/b16-15+. The van der Waals surface area contributed by atoms with Gasteiger partial charge in [0.05, 0.1) is 7.11 Å². The Morgan fingerprint density at radius 3 is 2.22 bits per heavy atom. The molecule has 0 unspecified atom stereocenters. The number of anilines is 2. The van der Waals surface area contributed by atoms with Crippen LogP contribution in [0.3, 0.4) is 0 Å². The smallest absolute Gasteiger partial charge is 0.127 e. The number of nitrogens with zero attached hydrogens (tertiary/aromatic N) is 1. The summed E-state index contributed by atoms with van der Waals surface area (Å²) in [6.45, 7) is 0. The van der Waals surface area contributed by atoms with Crippen LogP contribution in [0.25, 0.3) is 0 Å². The van der Waals surface area contributed by atoms with Crippen LogP contribution in [0.5, 0.6) is 5.75 Å². The van der Waals surface area contributed by atoms with Gasteiger partial charge in [0.2, 0.25) is 0 Å². The average molecular weight is 324 g/mol. The Labute approximate surface area is 140 Å².